The van der Waals surface area contributed by atoms with Crippen LogP contribution in [0.15, 0.2) is 11.3 Å². The third-order valence-corrected chi connectivity index (χ3v) is 4.34. The third-order valence-electron chi connectivity index (χ3n) is 4.34. The molecule has 2 rings (SSSR count). The van der Waals surface area contributed by atoms with Crippen LogP contribution in [0.5, 0.6) is 0 Å². The number of aliphatic hydroxyl groups excluding tert-OH is 1. The lowest BCUT2D eigenvalue weighted by molar-refractivity contribution is -0.119. The van der Waals surface area contributed by atoms with E-state index in [2.05, 4.69) is 27.7 Å². The number of Topliss-reactive ketones (excluding diaryl/α,β-unsaturated/α-hetero) is 1. The Morgan fingerprint density at radius 2 is 1.88 bits per heavy atom. The monoisotopic (exact) mass is 236 g/mol. The normalized spacial score (nSPS) is 33.1. The lowest BCUT2D eigenvalue weighted by Crippen LogP contribution is -2.16. The molecule has 0 heterocycles. The lowest BCUT2D eigenvalue weighted by Gasteiger charge is -2.17. The lowest BCUT2D eigenvalue weighted by atomic mass is 9.88. The molecule has 0 aliphatic heterocycles. The van der Waals surface area contributed by atoms with Crippen LogP contribution in [-0.4, -0.2) is 10.9 Å². The second-order valence-corrected chi connectivity index (χ2v) is 6.51. The van der Waals surface area contributed by atoms with Gasteiger partial charge in [-0.15, -0.1) is 0 Å². The van der Waals surface area contributed by atoms with E-state index in [0.717, 1.165) is 24.8 Å². The van der Waals surface area contributed by atoms with Gasteiger partial charge in [-0.3, -0.25) is 4.79 Å². The Kier molecular flexibility index (Phi) is 3.33. The van der Waals surface area contributed by atoms with Crippen molar-refractivity contribution in [2.24, 2.45) is 29.6 Å². The molecule has 2 heteroatoms. The van der Waals surface area contributed by atoms with Gasteiger partial charge < -0.3 is 5.11 Å². The summed E-state index contributed by atoms with van der Waals surface area (Å²) in [7, 11) is 0. The van der Waals surface area contributed by atoms with Crippen molar-refractivity contribution in [2.75, 3.05) is 0 Å². The maximum absolute atomic E-state index is 12.3. The molecule has 0 spiro atoms. The van der Waals surface area contributed by atoms with Crippen LogP contribution >= 0.6 is 0 Å². The van der Waals surface area contributed by atoms with Crippen LogP contribution in [0.4, 0.5) is 0 Å². The molecule has 0 aromatic heterocycles. The highest BCUT2D eigenvalue weighted by molar-refractivity contribution is 6.01. The van der Waals surface area contributed by atoms with Gasteiger partial charge in [0.2, 0.25) is 0 Å². The summed E-state index contributed by atoms with van der Waals surface area (Å²) < 4.78 is 0. The maximum Gasteiger partial charge on any atom is 0.165 e. The van der Waals surface area contributed by atoms with E-state index in [4.69, 9.17) is 0 Å². The molecule has 0 amide bonds. The predicted octanol–water partition coefficient (Wildman–Crippen LogP) is 3.73. The number of fused-ring (bicyclic) bond motifs is 1. The number of allylic oxidation sites excluding steroid dienone is 2. The molecule has 0 radical (unpaired) electrons. The summed E-state index contributed by atoms with van der Waals surface area (Å²) in [6.45, 7) is 8.55. The minimum Gasteiger partial charge on any atom is -0.512 e. The zero-order valence-electron chi connectivity index (χ0n) is 11.4. The molecular weight excluding hydrogens is 212 g/mol. The minimum atomic E-state index is 0.150. The van der Waals surface area contributed by atoms with Gasteiger partial charge in [-0.1, -0.05) is 27.7 Å². The number of aliphatic hydroxyl groups is 1. The Balaban J connectivity index is 2.18. The van der Waals surface area contributed by atoms with Crippen LogP contribution in [0, 0.1) is 29.6 Å². The molecule has 2 aliphatic rings. The Morgan fingerprint density at radius 1 is 1.24 bits per heavy atom. The zero-order chi connectivity index (χ0) is 12.7. The fourth-order valence-electron chi connectivity index (χ4n) is 3.51. The van der Waals surface area contributed by atoms with Gasteiger partial charge in [0.05, 0.1) is 0 Å². The number of carbonyl (C=O) groups excluding carboxylic acids is 1. The van der Waals surface area contributed by atoms with Crippen molar-refractivity contribution in [1.82, 2.24) is 0 Å². The van der Waals surface area contributed by atoms with Crippen LogP contribution in [0.2, 0.25) is 0 Å². The SMILES string of the molecule is CC(C)C[C@H]1CC2CC(C(C)C)C(=O)C2=C1O. The molecule has 1 fully saturated rings. The quantitative estimate of drug-likeness (QED) is 0.810. The van der Waals surface area contributed by atoms with Gasteiger partial charge >= 0.3 is 0 Å². The first kappa shape index (κ1) is 12.7. The Hall–Kier alpha value is -0.790. The molecule has 3 atom stereocenters. The zero-order valence-corrected chi connectivity index (χ0v) is 11.4. The summed E-state index contributed by atoms with van der Waals surface area (Å²) >= 11 is 0. The molecule has 0 aromatic carbocycles. The van der Waals surface area contributed by atoms with Crippen LogP contribution in [0.25, 0.3) is 0 Å². The van der Waals surface area contributed by atoms with Crippen LogP contribution in [-0.2, 0) is 4.79 Å². The summed E-state index contributed by atoms with van der Waals surface area (Å²) in [4.78, 5) is 12.3. The molecule has 2 nitrogen and oxygen atoms in total. The average molecular weight is 236 g/mol. The summed E-state index contributed by atoms with van der Waals surface area (Å²) in [5.74, 6) is 2.38. The van der Waals surface area contributed by atoms with Crippen LogP contribution in [0.3, 0.4) is 0 Å². The molecule has 1 N–H and O–H groups in total. The van der Waals surface area contributed by atoms with Crippen molar-refractivity contribution in [1.29, 1.82) is 0 Å². The molecule has 0 bridgehead atoms. The van der Waals surface area contributed by atoms with Crippen molar-refractivity contribution >= 4 is 5.78 Å². The number of hydrogen-bond donors (Lipinski definition) is 1. The largest absolute Gasteiger partial charge is 0.512 e. The van der Waals surface area contributed by atoms with E-state index in [1.165, 1.54) is 0 Å². The number of ketones is 1. The van der Waals surface area contributed by atoms with E-state index in [-0.39, 0.29) is 17.6 Å². The van der Waals surface area contributed by atoms with Crippen molar-refractivity contribution in [2.45, 2.75) is 47.0 Å². The fourth-order valence-corrected chi connectivity index (χ4v) is 3.51. The first-order valence-corrected chi connectivity index (χ1v) is 6.89. The van der Waals surface area contributed by atoms with Crippen molar-refractivity contribution in [3.8, 4) is 0 Å². The topological polar surface area (TPSA) is 37.3 Å². The second-order valence-electron chi connectivity index (χ2n) is 6.51. The maximum atomic E-state index is 12.3. The van der Waals surface area contributed by atoms with E-state index in [1.54, 1.807) is 0 Å². The molecule has 17 heavy (non-hydrogen) atoms. The van der Waals surface area contributed by atoms with E-state index in [9.17, 15) is 9.90 Å². The third kappa shape index (κ3) is 2.14. The van der Waals surface area contributed by atoms with Crippen molar-refractivity contribution in [3.63, 3.8) is 0 Å². The van der Waals surface area contributed by atoms with E-state index >= 15 is 0 Å². The summed E-state index contributed by atoms with van der Waals surface area (Å²) in [6, 6.07) is 0. The average Bonchev–Trinajstić information content (AvgIpc) is 2.67. The van der Waals surface area contributed by atoms with Crippen LogP contribution < -0.4 is 0 Å². The van der Waals surface area contributed by atoms with Crippen molar-refractivity contribution < 1.29 is 9.90 Å². The Morgan fingerprint density at radius 3 is 2.35 bits per heavy atom. The van der Waals surface area contributed by atoms with E-state index in [1.807, 2.05) is 0 Å². The van der Waals surface area contributed by atoms with Gasteiger partial charge in [-0.05, 0) is 37.0 Å². The minimum absolute atomic E-state index is 0.150. The second kappa shape index (κ2) is 4.47. The summed E-state index contributed by atoms with van der Waals surface area (Å²) in [5, 5.41) is 10.2. The molecule has 1 saturated carbocycles. The standard InChI is InChI=1S/C15H24O2/c1-8(2)5-11-6-10-7-12(9(3)4)15(17)13(10)14(11)16/h8-12,16H,5-7H2,1-4H3/t10?,11-,12?/m0/s1. The first-order chi connectivity index (χ1) is 7.91. The van der Waals surface area contributed by atoms with Gasteiger partial charge in [0.1, 0.15) is 5.76 Å². The smallest absolute Gasteiger partial charge is 0.165 e. The summed E-state index contributed by atoms with van der Waals surface area (Å²) in [5.41, 5.74) is 0.786. The summed E-state index contributed by atoms with van der Waals surface area (Å²) in [6.07, 6.45) is 2.96. The van der Waals surface area contributed by atoms with Gasteiger partial charge in [0.15, 0.2) is 5.78 Å². The Bertz CT molecular complexity index is 352. The first-order valence-electron chi connectivity index (χ1n) is 6.89. The van der Waals surface area contributed by atoms with Gasteiger partial charge in [-0.2, -0.15) is 0 Å². The highest BCUT2D eigenvalue weighted by atomic mass is 16.3. The highest BCUT2D eigenvalue weighted by Crippen LogP contribution is 2.49. The molecule has 0 aromatic rings. The predicted molar refractivity (Wildman–Crippen MR) is 68.7 cm³/mol. The molecular formula is C15H24O2. The number of carbonyl (C=O) groups is 1. The van der Waals surface area contributed by atoms with Gasteiger partial charge in [0, 0.05) is 17.4 Å². The van der Waals surface area contributed by atoms with Crippen molar-refractivity contribution in [3.05, 3.63) is 11.3 Å². The van der Waals surface area contributed by atoms with Crippen LogP contribution in [0.1, 0.15) is 47.0 Å². The Labute approximate surface area is 104 Å². The molecule has 2 unspecified atom stereocenters. The fraction of sp³-hybridized carbons (Fsp3) is 0.800. The molecule has 96 valence electrons. The van der Waals surface area contributed by atoms with E-state index in [0.29, 0.717) is 23.5 Å². The molecule has 2 aliphatic carbocycles. The van der Waals surface area contributed by atoms with E-state index < -0.39 is 0 Å². The van der Waals surface area contributed by atoms with Gasteiger partial charge in [-0.25, -0.2) is 0 Å². The highest BCUT2D eigenvalue weighted by Gasteiger charge is 2.46. The number of rotatable bonds is 3. The molecule has 0 saturated heterocycles. The number of hydrogen-bond acceptors (Lipinski definition) is 2. The van der Waals surface area contributed by atoms with Gasteiger partial charge in [0.25, 0.3) is 0 Å².